The van der Waals surface area contributed by atoms with Crippen LogP contribution in [0, 0.1) is 0 Å². The molecular formula is C14H13Cl2N3O2S. The number of ether oxygens (including phenoxy) is 1. The summed E-state index contributed by atoms with van der Waals surface area (Å²) in [6.45, 7) is 2.10. The van der Waals surface area contributed by atoms with Crippen molar-refractivity contribution in [3.8, 4) is 0 Å². The topological polar surface area (TPSA) is 64.1 Å². The van der Waals surface area contributed by atoms with Crippen LogP contribution in [-0.4, -0.2) is 28.3 Å². The largest absolute Gasteiger partial charge is 0.465 e. The van der Waals surface area contributed by atoms with E-state index in [0.717, 1.165) is 5.69 Å². The Labute approximate surface area is 142 Å². The Bertz CT molecular complexity index is 653. The van der Waals surface area contributed by atoms with E-state index in [1.807, 2.05) is 12.1 Å². The Morgan fingerprint density at radius 2 is 2.00 bits per heavy atom. The van der Waals surface area contributed by atoms with Gasteiger partial charge in [-0.05, 0) is 31.2 Å². The average molecular weight is 358 g/mol. The fraction of sp³-hybridized carbons (Fsp3) is 0.214. The molecule has 0 unspecified atom stereocenters. The summed E-state index contributed by atoms with van der Waals surface area (Å²) in [5, 5.41) is 4.44. The standard InChI is InChI=1S/C14H13Cl2N3O2S/c1-2-21-13(20)8-22-14-18-11(16)7-12(19-14)17-10-5-3-9(15)4-6-10/h3-7H,2,8H2,1H3,(H,17,18,19). The lowest BCUT2D eigenvalue weighted by Crippen LogP contribution is -2.07. The number of benzene rings is 1. The van der Waals surface area contributed by atoms with Crippen molar-refractivity contribution in [3.63, 3.8) is 0 Å². The molecule has 1 aromatic carbocycles. The maximum atomic E-state index is 11.3. The second kappa shape index (κ2) is 8.22. The van der Waals surface area contributed by atoms with Gasteiger partial charge in [-0.2, -0.15) is 0 Å². The van der Waals surface area contributed by atoms with E-state index in [1.54, 1.807) is 25.1 Å². The van der Waals surface area contributed by atoms with Gasteiger partial charge in [0.05, 0.1) is 12.4 Å². The van der Waals surface area contributed by atoms with E-state index in [2.05, 4.69) is 15.3 Å². The van der Waals surface area contributed by atoms with Crippen LogP contribution in [0.4, 0.5) is 11.5 Å². The lowest BCUT2D eigenvalue weighted by molar-refractivity contribution is -0.139. The molecule has 116 valence electrons. The van der Waals surface area contributed by atoms with Crippen molar-refractivity contribution in [1.82, 2.24) is 9.97 Å². The maximum absolute atomic E-state index is 11.3. The van der Waals surface area contributed by atoms with E-state index in [9.17, 15) is 4.79 Å². The number of hydrogen-bond acceptors (Lipinski definition) is 6. The summed E-state index contributed by atoms with van der Waals surface area (Å²) in [5.74, 6) is 0.353. The molecule has 1 aromatic heterocycles. The fourth-order valence-corrected chi connectivity index (χ4v) is 2.55. The molecule has 0 amide bonds. The highest BCUT2D eigenvalue weighted by molar-refractivity contribution is 7.99. The highest BCUT2D eigenvalue weighted by Gasteiger charge is 2.08. The van der Waals surface area contributed by atoms with Crippen molar-refractivity contribution in [2.24, 2.45) is 0 Å². The SMILES string of the molecule is CCOC(=O)CSc1nc(Cl)cc(Nc2ccc(Cl)cc2)n1. The van der Waals surface area contributed by atoms with Crippen LogP contribution in [0.1, 0.15) is 6.92 Å². The number of esters is 1. The number of anilines is 2. The first-order valence-corrected chi connectivity index (χ1v) is 8.16. The number of halogens is 2. The van der Waals surface area contributed by atoms with E-state index < -0.39 is 0 Å². The molecule has 0 bridgehead atoms. The van der Waals surface area contributed by atoms with Gasteiger partial charge in [-0.15, -0.1) is 0 Å². The lowest BCUT2D eigenvalue weighted by atomic mass is 10.3. The van der Waals surface area contributed by atoms with Crippen LogP contribution in [0.5, 0.6) is 0 Å². The Hall–Kier alpha value is -1.50. The minimum Gasteiger partial charge on any atom is -0.465 e. The number of nitrogens with one attached hydrogen (secondary N) is 1. The van der Waals surface area contributed by atoms with Gasteiger partial charge in [0.25, 0.3) is 0 Å². The van der Waals surface area contributed by atoms with Gasteiger partial charge < -0.3 is 10.1 Å². The minimum absolute atomic E-state index is 0.133. The molecule has 0 saturated heterocycles. The minimum atomic E-state index is -0.316. The maximum Gasteiger partial charge on any atom is 0.316 e. The summed E-state index contributed by atoms with van der Waals surface area (Å²) in [6, 6.07) is 8.78. The third kappa shape index (κ3) is 5.36. The molecule has 22 heavy (non-hydrogen) atoms. The zero-order chi connectivity index (χ0) is 15.9. The highest BCUT2D eigenvalue weighted by Crippen LogP contribution is 2.23. The molecule has 8 heteroatoms. The van der Waals surface area contributed by atoms with Crippen molar-refractivity contribution in [3.05, 3.63) is 40.5 Å². The monoisotopic (exact) mass is 357 g/mol. The zero-order valence-electron chi connectivity index (χ0n) is 11.7. The third-order valence-corrected chi connectivity index (χ3v) is 3.68. The van der Waals surface area contributed by atoms with E-state index in [0.29, 0.717) is 22.6 Å². The Morgan fingerprint density at radius 3 is 2.68 bits per heavy atom. The van der Waals surface area contributed by atoms with Crippen molar-refractivity contribution in [2.75, 3.05) is 17.7 Å². The van der Waals surface area contributed by atoms with Crippen LogP contribution >= 0.6 is 35.0 Å². The quantitative estimate of drug-likeness (QED) is 0.362. The molecule has 0 saturated carbocycles. The van der Waals surface area contributed by atoms with Crippen LogP contribution in [0.3, 0.4) is 0 Å². The second-order valence-electron chi connectivity index (χ2n) is 4.08. The summed E-state index contributed by atoms with van der Waals surface area (Å²) in [5.41, 5.74) is 0.820. The van der Waals surface area contributed by atoms with Crippen molar-refractivity contribution in [2.45, 2.75) is 12.1 Å². The second-order valence-corrected chi connectivity index (χ2v) is 5.85. The molecule has 1 heterocycles. The number of carbonyl (C=O) groups excluding carboxylic acids is 1. The fourth-order valence-electron chi connectivity index (χ4n) is 1.53. The normalized spacial score (nSPS) is 10.3. The van der Waals surface area contributed by atoms with E-state index in [1.165, 1.54) is 11.8 Å². The first-order valence-electron chi connectivity index (χ1n) is 6.42. The molecule has 0 aliphatic heterocycles. The molecule has 2 aromatic rings. The summed E-state index contributed by atoms with van der Waals surface area (Å²) >= 11 is 13.0. The Kier molecular flexibility index (Phi) is 6.30. The van der Waals surface area contributed by atoms with Crippen LogP contribution < -0.4 is 5.32 Å². The molecule has 2 rings (SSSR count). The third-order valence-electron chi connectivity index (χ3n) is 2.42. The molecular weight excluding hydrogens is 345 g/mol. The molecule has 1 N–H and O–H groups in total. The predicted octanol–water partition coefficient (Wildman–Crippen LogP) is 4.18. The van der Waals surface area contributed by atoms with E-state index >= 15 is 0 Å². The van der Waals surface area contributed by atoms with Crippen LogP contribution in [0.25, 0.3) is 0 Å². The molecule has 0 spiro atoms. The van der Waals surface area contributed by atoms with Gasteiger partial charge in [0.1, 0.15) is 11.0 Å². The Balaban J connectivity index is 2.06. The van der Waals surface area contributed by atoms with Crippen molar-refractivity contribution >= 4 is 52.4 Å². The molecule has 0 radical (unpaired) electrons. The number of thioether (sulfide) groups is 1. The first-order chi connectivity index (χ1) is 10.6. The number of rotatable bonds is 6. The summed E-state index contributed by atoms with van der Waals surface area (Å²) in [4.78, 5) is 19.7. The first kappa shape index (κ1) is 16.9. The number of nitrogens with zero attached hydrogens (tertiary/aromatic N) is 2. The molecule has 5 nitrogen and oxygen atoms in total. The molecule has 0 atom stereocenters. The van der Waals surface area contributed by atoms with Crippen LogP contribution in [0.2, 0.25) is 10.2 Å². The average Bonchev–Trinajstić information content (AvgIpc) is 2.47. The van der Waals surface area contributed by atoms with Crippen molar-refractivity contribution < 1.29 is 9.53 Å². The van der Waals surface area contributed by atoms with Gasteiger partial charge in [0, 0.05) is 16.8 Å². The van der Waals surface area contributed by atoms with Gasteiger partial charge in [-0.3, -0.25) is 4.79 Å². The molecule has 0 aliphatic carbocycles. The van der Waals surface area contributed by atoms with E-state index in [4.69, 9.17) is 27.9 Å². The van der Waals surface area contributed by atoms with E-state index in [-0.39, 0.29) is 16.9 Å². The predicted molar refractivity (Wildman–Crippen MR) is 89.1 cm³/mol. The summed E-state index contributed by atoms with van der Waals surface area (Å²) in [7, 11) is 0. The highest BCUT2D eigenvalue weighted by atomic mass is 35.5. The van der Waals surface area contributed by atoms with Gasteiger partial charge in [-0.25, -0.2) is 9.97 Å². The molecule has 0 aliphatic rings. The number of aromatic nitrogens is 2. The van der Waals surface area contributed by atoms with Crippen LogP contribution in [0.15, 0.2) is 35.5 Å². The number of hydrogen-bond donors (Lipinski definition) is 1. The summed E-state index contributed by atoms with van der Waals surface area (Å²) in [6.07, 6.45) is 0. The van der Waals surface area contributed by atoms with Gasteiger partial charge in [-0.1, -0.05) is 35.0 Å². The van der Waals surface area contributed by atoms with Crippen LogP contribution in [-0.2, 0) is 9.53 Å². The Morgan fingerprint density at radius 1 is 1.27 bits per heavy atom. The van der Waals surface area contributed by atoms with Crippen molar-refractivity contribution in [1.29, 1.82) is 0 Å². The lowest BCUT2D eigenvalue weighted by Gasteiger charge is -2.08. The van der Waals surface area contributed by atoms with Gasteiger partial charge in [0.15, 0.2) is 5.16 Å². The molecule has 0 fully saturated rings. The smallest absolute Gasteiger partial charge is 0.316 e. The van der Waals surface area contributed by atoms with Gasteiger partial charge in [0.2, 0.25) is 0 Å². The van der Waals surface area contributed by atoms with Gasteiger partial charge >= 0.3 is 5.97 Å². The number of carbonyl (C=O) groups is 1. The zero-order valence-corrected chi connectivity index (χ0v) is 14.0. The summed E-state index contributed by atoms with van der Waals surface area (Å²) < 4.78 is 4.85.